The molecule has 0 bridgehead atoms. The van der Waals surface area contributed by atoms with E-state index in [1.165, 1.54) is 6.07 Å². The van der Waals surface area contributed by atoms with Crippen molar-refractivity contribution in [2.75, 3.05) is 0 Å². The normalized spacial score (nSPS) is 10.2. The van der Waals surface area contributed by atoms with Crippen LogP contribution in [0.4, 0.5) is 8.78 Å². The van der Waals surface area contributed by atoms with Gasteiger partial charge in [0.25, 0.3) is 0 Å². The molecular weight excluding hydrogens is 210 g/mol. The molecule has 0 aliphatic heterocycles. The van der Waals surface area contributed by atoms with Crippen LogP contribution in [-0.2, 0) is 0 Å². The van der Waals surface area contributed by atoms with E-state index in [2.05, 4.69) is 0 Å². The molecule has 0 atom stereocenters. The molecule has 0 spiro atoms. The number of hydrogen-bond acceptors (Lipinski definition) is 1. The van der Waals surface area contributed by atoms with Crippen molar-refractivity contribution >= 4 is 0 Å². The van der Waals surface area contributed by atoms with E-state index in [0.717, 1.165) is 17.7 Å². The first-order valence-corrected chi connectivity index (χ1v) is 4.85. The zero-order valence-corrected chi connectivity index (χ0v) is 8.71. The van der Waals surface area contributed by atoms with Gasteiger partial charge in [0.1, 0.15) is 11.6 Å². The predicted molar refractivity (Wildman–Crippen MR) is 57.6 cm³/mol. The average molecular weight is 220 g/mol. The van der Waals surface area contributed by atoms with Crippen molar-refractivity contribution in [3.05, 3.63) is 59.7 Å². The number of hydrogen-bond donors (Lipinski definition) is 0. The van der Waals surface area contributed by atoms with Crippen LogP contribution in [0.5, 0.6) is 11.5 Å². The van der Waals surface area contributed by atoms with Crippen LogP contribution in [0.1, 0.15) is 5.56 Å². The fourth-order valence-electron chi connectivity index (χ4n) is 1.29. The Morgan fingerprint density at radius 1 is 0.938 bits per heavy atom. The molecule has 0 radical (unpaired) electrons. The number of benzene rings is 2. The highest BCUT2D eigenvalue weighted by atomic mass is 19.1. The largest absolute Gasteiger partial charge is 0.454 e. The Morgan fingerprint density at radius 3 is 2.25 bits per heavy atom. The average Bonchev–Trinajstić information content (AvgIpc) is 2.25. The summed E-state index contributed by atoms with van der Waals surface area (Å²) in [4.78, 5) is 0. The summed E-state index contributed by atoms with van der Waals surface area (Å²) in [5.41, 5.74) is 1.09. The van der Waals surface area contributed by atoms with Gasteiger partial charge in [0.2, 0.25) is 0 Å². The Balaban J connectivity index is 2.23. The third kappa shape index (κ3) is 2.37. The minimum absolute atomic E-state index is 0.0188. The van der Waals surface area contributed by atoms with Crippen LogP contribution in [-0.4, -0.2) is 0 Å². The van der Waals surface area contributed by atoms with E-state index in [9.17, 15) is 8.78 Å². The summed E-state index contributed by atoms with van der Waals surface area (Å²) >= 11 is 0. The monoisotopic (exact) mass is 220 g/mol. The summed E-state index contributed by atoms with van der Waals surface area (Å²) < 4.78 is 31.2. The Morgan fingerprint density at radius 2 is 1.62 bits per heavy atom. The zero-order chi connectivity index (χ0) is 11.5. The Hall–Kier alpha value is -1.90. The lowest BCUT2D eigenvalue weighted by molar-refractivity contribution is 0.437. The number of aryl methyl sites for hydroxylation is 1. The minimum atomic E-state index is -0.708. The van der Waals surface area contributed by atoms with Gasteiger partial charge in [0, 0.05) is 6.07 Å². The van der Waals surface area contributed by atoms with Gasteiger partial charge in [-0.05, 0) is 31.2 Å². The van der Waals surface area contributed by atoms with Crippen molar-refractivity contribution in [3.63, 3.8) is 0 Å². The molecule has 0 amide bonds. The number of halogens is 2. The molecule has 2 rings (SSSR count). The van der Waals surface area contributed by atoms with Crippen LogP contribution in [0, 0.1) is 18.6 Å². The van der Waals surface area contributed by atoms with E-state index in [-0.39, 0.29) is 5.75 Å². The smallest absolute Gasteiger partial charge is 0.168 e. The molecule has 0 aliphatic carbocycles. The van der Waals surface area contributed by atoms with E-state index >= 15 is 0 Å². The Bertz CT molecular complexity index is 492. The standard InChI is InChI=1S/C13H10F2O/c1-9-2-5-11(6-3-9)16-13-7-4-10(14)8-12(13)15/h2-8H,1H3. The SMILES string of the molecule is Cc1ccc(Oc2ccc(F)cc2F)cc1. The molecule has 0 N–H and O–H groups in total. The lowest BCUT2D eigenvalue weighted by Gasteiger charge is -2.06. The van der Waals surface area contributed by atoms with Crippen molar-refractivity contribution in [1.29, 1.82) is 0 Å². The Labute approximate surface area is 92.3 Å². The van der Waals surface area contributed by atoms with E-state index in [4.69, 9.17) is 4.74 Å². The third-order valence-corrected chi connectivity index (χ3v) is 2.14. The van der Waals surface area contributed by atoms with Gasteiger partial charge in [-0.15, -0.1) is 0 Å². The summed E-state index contributed by atoms with van der Waals surface area (Å²) in [6, 6.07) is 10.4. The summed E-state index contributed by atoms with van der Waals surface area (Å²) in [7, 11) is 0. The van der Waals surface area contributed by atoms with Crippen LogP contribution in [0.15, 0.2) is 42.5 Å². The fraction of sp³-hybridized carbons (Fsp3) is 0.0769. The molecule has 16 heavy (non-hydrogen) atoms. The highest BCUT2D eigenvalue weighted by Crippen LogP contribution is 2.24. The minimum Gasteiger partial charge on any atom is -0.454 e. The van der Waals surface area contributed by atoms with Gasteiger partial charge >= 0.3 is 0 Å². The molecule has 0 aromatic heterocycles. The van der Waals surface area contributed by atoms with Crippen molar-refractivity contribution in [3.8, 4) is 11.5 Å². The molecule has 0 aliphatic rings. The maximum atomic E-state index is 13.3. The number of ether oxygens (including phenoxy) is 1. The van der Waals surface area contributed by atoms with Crippen LogP contribution >= 0.6 is 0 Å². The highest BCUT2D eigenvalue weighted by Gasteiger charge is 2.05. The summed E-state index contributed by atoms with van der Waals surface area (Å²) in [6.45, 7) is 1.95. The van der Waals surface area contributed by atoms with E-state index in [1.807, 2.05) is 19.1 Å². The van der Waals surface area contributed by atoms with Crippen LogP contribution < -0.4 is 4.74 Å². The van der Waals surface area contributed by atoms with Gasteiger partial charge in [-0.2, -0.15) is 0 Å². The van der Waals surface area contributed by atoms with Crippen molar-refractivity contribution < 1.29 is 13.5 Å². The van der Waals surface area contributed by atoms with E-state index in [1.54, 1.807) is 12.1 Å². The first-order chi connectivity index (χ1) is 7.65. The molecule has 1 nitrogen and oxygen atoms in total. The lowest BCUT2D eigenvalue weighted by Crippen LogP contribution is -1.89. The molecule has 3 heteroatoms. The molecule has 0 saturated heterocycles. The zero-order valence-electron chi connectivity index (χ0n) is 8.71. The fourth-order valence-corrected chi connectivity index (χ4v) is 1.29. The topological polar surface area (TPSA) is 9.23 Å². The first kappa shape index (κ1) is 10.6. The van der Waals surface area contributed by atoms with Gasteiger partial charge in [0.05, 0.1) is 0 Å². The van der Waals surface area contributed by atoms with Gasteiger partial charge in [0.15, 0.2) is 11.6 Å². The summed E-state index contributed by atoms with van der Waals surface area (Å²) in [5.74, 6) is -0.782. The van der Waals surface area contributed by atoms with Crippen molar-refractivity contribution in [1.82, 2.24) is 0 Å². The van der Waals surface area contributed by atoms with E-state index < -0.39 is 11.6 Å². The predicted octanol–water partition coefficient (Wildman–Crippen LogP) is 4.07. The second kappa shape index (κ2) is 4.31. The molecule has 2 aromatic carbocycles. The maximum Gasteiger partial charge on any atom is 0.168 e. The van der Waals surface area contributed by atoms with Crippen LogP contribution in [0.25, 0.3) is 0 Å². The molecule has 0 heterocycles. The highest BCUT2D eigenvalue weighted by molar-refractivity contribution is 5.33. The lowest BCUT2D eigenvalue weighted by atomic mass is 10.2. The van der Waals surface area contributed by atoms with Crippen molar-refractivity contribution in [2.45, 2.75) is 6.92 Å². The van der Waals surface area contributed by atoms with Crippen molar-refractivity contribution in [2.24, 2.45) is 0 Å². The molecular formula is C13H10F2O. The quantitative estimate of drug-likeness (QED) is 0.741. The first-order valence-electron chi connectivity index (χ1n) is 4.85. The molecule has 0 saturated carbocycles. The summed E-state index contributed by atoms with van der Waals surface area (Å²) in [6.07, 6.45) is 0. The van der Waals surface area contributed by atoms with E-state index in [0.29, 0.717) is 5.75 Å². The molecule has 82 valence electrons. The second-order valence-electron chi connectivity index (χ2n) is 3.49. The van der Waals surface area contributed by atoms with Gasteiger partial charge in [-0.25, -0.2) is 8.78 Å². The molecule has 0 unspecified atom stereocenters. The van der Waals surface area contributed by atoms with Crippen LogP contribution in [0.3, 0.4) is 0 Å². The maximum absolute atomic E-state index is 13.3. The van der Waals surface area contributed by atoms with Gasteiger partial charge in [-0.1, -0.05) is 17.7 Å². The van der Waals surface area contributed by atoms with Crippen LogP contribution in [0.2, 0.25) is 0 Å². The number of rotatable bonds is 2. The van der Waals surface area contributed by atoms with Gasteiger partial charge in [-0.3, -0.25) is 0 Å². The third-order valence-electron chi connectivity index (χ3n) is 2.14. The molecule has 2 aromatic rings. The Kier molecular flexibility index (Phi) is 2.86. The summed E-state index contributed by atoms with van der Waals surface area (Å²) in [5, 5.41) is 0. The van der Waals surface area contributed by atoms with Gasteiger partial charge < -0.3 is 4.74 Å². The second-order valence-corrected chi connectivity index (χ2v) is 3.49. The molecule has 0 fully saturated rings.